The van der Waals surface area contributed by atoms with E-state index < -0.39 is 16.1 Å². The molecule has 1 aromatic heterocycles. The molecule has 2 heterocycles. The van der Waals surface area contributed by atoms with E-state index in [2.05, 4.69) is 16.1 Å². The number of hydrogen-bond acceptors (Lipinski definition) is 5. The first-order valence-corrected chi connectivity index (χ1v) is 10.7. The Morgan fingerprint density at radius 2 is 1.96 bits per heavy atom. The maximum absolute atomic E-state index is 12.1. The van der Waals surface area contributed by atoms with Crippen molar-refractivity contribution in [2.75, 3.05) is 32.9 Å². The summed E-state index contributed by atoms with van der Waals surface area (Å²) >= 11 is 0. The summed E-state index contributed by atoms with van der Waals surface area (Å²) in [4.78, 5) is 2.11. The van der Waals surface area contributed by atoms with Crippen molar-refractivity contribution >= 4 is 10.0 Å². The first-order chi connectivity index (χ1) is 12.7. The third-order valence-corrected chi connectivity index (χ3v) is 7.00. The van der Waals surface area contributed by atoms with Gasteiger partial charge in [0.2, 0.25) is 10.0 Å². The molecule has 0 radical (unpaired) electrons. The van der Waals surface area contributed by atoms with E-state index in [9.17, 15) is 13.5 Å². The zero-order valence-corrected chi connectivity index (χ0v) is 17.1. The Hall–Kier alpha value is -1.74. The molecule has 1 N–H and O–H groups in total. The molecule has 0 amide bonds. The summed E-state index contributed by atoms with van der Waals surface area (Å²) < 4.78 is 27.4. The molecule has 1 aliphatic heterocycles. The number of likely N-dealkylation sites (tertiary alicyclic amines) is 1. The van der Waals surface area contributed by atoms with Crippen LogP contribution in [0.3, 0.4) is 0 Å². The van der Waals surface area contributed by atoms with Crippen molar-refractivity contribution in [1.29, 1.82) is 0 Å². The number of benzene rings is 1. The van der Waals surface area contributed by atoms with Crippen LogP contribution < -0.4 is 0 Å². The van der Waals surface area contributed by atoms with Crippen LogP contribution in [0.15, 0.2) is 30.3 Å². The third-order valence-electron chi connectivity index (χ3n) is 5.03. The van der Waals surface area contributed by atoms with Crippen LogP contribution in [-0.2, 0) is 16.6 Å². The van der Waals surface area contributed by atoms with Gasteiger partial charge in [-0.1, -0.05) is 12.1 Å². The van der Waals surface area contributed by atoms with E-state index in [0.717, 1.165) is 22.6 Å². The number of aryl methyl sites for hydroxylation is 2. The zero-order chi connectivity index (χ0) is 19.8. The molecule has 1 aromatic carbocycles. The molecule has 8 heteroatoms. The van der Waals surface area contributed by atoms with Gasteiger partial charge in [-0.15, -0.1) is 0 Å². The van der Waals surface area contributed by atoms with E-state index >= 15 is 0 Å². The van der Waals surface area contributed by atoms with Gasteiger partial charge in [-0.3, -0.25) is 4.90 Å². The lowest BCUT2D eigenvalue weighted by Crippen LogP contribution is -2.33. The van der Waals surface area contributed by atoms with Crippen LogP contribution in [0.4, 0.5) is 0 Å². The quantitative estimate of drug-likeness (QED) is 0.799. The van der Waals surface area contributed by atoms with E-state index in [0.29, 0.717) is 19.6 Å². The molecule has 2 aromatic rings. The average Bonchev–Trinajstić information content (AvgIpc) is 3.08. The zero-order valence-electron chi connectivity index (χ0n) is 16.3. The third kappa shape index (κ3) is 4.57. The molecule has 2 atom stereocenters. The van der Waals surface area contributed by atoms with Crippen LogP contribution in [0.25, 0.3) is 5.69 Å². The SMILES string of the molecule is Cc1cc(C)n(-c2cccc(CN3C[C@@H](CS(=O)(=O)N(C)C)[C@H](O)C3)c2)n1. The molecule has 148 valence electrons. The molecule has 0 bridgehead atoms. The minimum Gasteiger partial charge on any atom is -0.391 e. The summed E-state index contributed by atoms with van der Waals surface area (Å²) in [7, 11) is -0.268. The Labute approximate surface area is 161 Å². The largest absolute Gasteiger partial charge is 0.391 e. The highest BCUT2D eigenvalue weighted by Crippen LogP contribution is 2.23. The smallest absolute Gasteiger partial charge is 0.214 e. The van der Waals surface area contributed by atoms with Gasteiger partial charge in [-0.2, -0.15) is 5.10 Å². The molecule has 0 aliphatic carbocycles. The highest BCUT2D eigenvalue weighted by molar-refractivity contribution is 7.89. The fourth-order valence-corrected chi connectivity index (χ4v) is 4.76. The van der Waals surface area contributed by atoms with Crippen molar-refractivity contribution in [3.63, 3.8) is 0 Å². The molecule has 3 rings (SSSR count). The van der Waals surface area contributed by atoms with E-state index in [4.69, 9.17) is 0 Å². The Kier molecular flexibility index (Phi) is 5.71. The molecule has 0 spiro atoms. The van der Waals surface area contributed by atoms with Crippen LogP contribution in [0.5, 0.6) is 0 Å². The van der Waals surface area contributed by atoms with Crippen molar-refractivity contribution in [3.05, 3.63) is 47.3 Å². The second kappa shape index (κ2) is 7.71. The number of β-amino-alcohol motifs (C(OH)–C–C–N with tert-alkyl or cyclic N) is 1. The number of rotatable bonds is 6. The monoisotopic (exact) mass is 392 g/mol. The Balaban J connectivity index is 1.70. The van der Waals surface area contributed by atoms with Crippen LogP contribution in [-0.4, -0.2) is 71.6 Å². The van der Waals surface area contributed by atoms with Crippen molar-refractivity contribution in [3.8, 4) is 5.69 Å². The second-order valence-corrected chi connectivity index (χ2v) is 9.82. The molecule has 0 saturated carbocycles. The summed E-state index contributed by atoms with van der Waals surface area (Å²) in [5.41, 5.74) is 4.17. The topological polar surface area (TPSA) is 78.7 Å². The standard InChI is InChI=1S/C19H28N4O3S/c1-14-8-15(2)23(20-14)18-7-5-6-16(9-18)10-22-11-17(19(24)12-22)13-27(25,26)21(3)4/h5-9,17,19,24H,10-13H2,1-4H3/t17-,19+/m0/s1. The highest BCUT2D eigenvalue weighted by Gasteiger charge is 2.35. The number of hydrogen-bond donors (Lipinski definition) is 1. The van der Waals surface area contributed by atoms with Gasteiger partial charge >= 0.3 is 0 Å². The number of nitrogens with zero attached hydrogens (tertiary/aromatic N) is 4. The molecular formula is C19H28N4O3S. The summed E-state index contributed by atoms with van der Waals surface area (Å²) in [5, 5.41) is 14.8. The number of aromatic nitrogens is 2. The van der Waals surface area contributed by atoms with Crippen LogP contribution in [0.2, 0.25) is 0 Å². The van der Waals surface area contributed by atoms with Crippen LogP contribution in [0.1, 0.15) is 17.0 Å². The van der Waals surface area contributed by atoms with E-state index in [1.807, 2.05) is 42.8 Å². The summed E-state index contributed by atoms with van der Waals surface area (Å²) in [6.07, 6.45) is -0.626. The minimum atomic E-state index is -3.32. The first-order valence-electron chi connectivity index (χ1n) is 9.09. The van der Waals surface area contributed by atoms with Gasteiger partial charge in [-0.25, -0.2) is 17.4 Å². The Morgan fingerprint density at radius 1 is 1.22 bits per heavy atom. The van der Waals surface area contributed by atoms with Crippen LogP contribution in [0, 0.1) is 19.8 Å². The molecule has 1 fully saturated rings. The number of aliphatic hydroxyl groups excluding tert-OH is 1. The van der Waals surface area contributed by atoms with Gasteiger partial charge in [0.15, 0.2) is 0 Å². The molecule has 7 nitrogen and oxygen atoms in total. The lowest BCUT2D eigenvalue weighted by Gasteiger charge is -2.18. The number of sulfonamides is 1. The van der Waals surface area contributed by atoms with Crippen molar-refractivity contribution in [2.45, 2.75) is 26.5 Å². The Bertz CT molecular complexity index is 907. The van der Waals surface area contributed by atoms with Gasteiger partial charge in [-0.05, 0) is 37.6 Å². The van der Waals surface area contributed by atoms with E-state index in [1.54, 1.807) is 0 Å². The second-order valence-electron chi connectivity index (χ2n) is 7.59. The van der Waals surface area contributed by atoms with Crippen molar-refractivity contribution < 1.29 is 13.5 Å². The van der Waals surface area contributed by atoms with Gasteiger partial charge < -0.3 is 5.11 Å². The predicted octanol–water partition coefficient (Wildman–Crippen LogP) is 1.17. The maximum Gasteiger partial charge on any atom is 0.214 e. The highest BCUT2D eigenvalue weighted by atomic mass is 32.2. The fraction of sp³-hybridized carbons (Fsp3) is 0.526. The molecule has 0 unspecified atom stereocenters. The average molecular weight is 393 g/mol. The van der Waals surface area contributed by atoms with Crippen molar-refractivity contribution in [1.82, 2.24) is 19.0 Å². The number of aliphatic hydroxyl groups is 1. The minimum absolute atomic E-state index is 0.0243. The fourth-order valence-electron chi connectivity index (χ4n) is 3.59. The molecule has 1 aliphatic rings. The van der Waals surface area contributed by atoms with Gasteiger partial charge in [0, 0.05) is 45.3 Å². The first kappa shape index (κ1) is 20.0. The van der Waals surface area contributed by atoms with Gasteiger partial charge in [0.05, 0.1) is 23.2 Å². The molecule has 1 saturated heterocycles. The molecular weight excluding hydrogens is 364 g/mol. The van der Waals surface area contributed by atoms with Crippen LogP contribution >= 0.6 is 0 Å². The van der Waals surface area contributed by atoms with Gasteiger partial charge in [0.1, 0.15) is 0 Å². The predicted molar refractivity (Wildman–Crippen MR) is 105 cm³/mol. The Morgan fingerprint density at radius 3 is 2.59 bits per heavy atom. The van der Waals surface area contributed by atoms with Crippen molar-refractivity contribution in [2.24, 2.45) is 5.92 Å². The lowest BCUT2D eigenvalue weighted by atomic mass is 10.1. The summed E-state index contributed by atoms with van der Waals surface area (Å²) in [5.74, 6) is -0.291. The summed E-state index contributed by atoms with van der Waals surface area (Å²) in [6.45, 7) is 5.72. The summed E-state index contributed by atoms with van der Waals surface area (Å²) in [6, 6.07) is 10.2. The van der Waals surface area contributed by atoms with Gasteiger partial charge in [0.25, 0.3) is 0 Å². The molecule has 27 heavy (non-hydrogen) atoms. The normalized spacial score (nSPS) is 21.3. The maximum atomic E-state index is 12.1. The van der Waals surface area contributed by atoms with E-state index in [-0.39, 0.29) is 11.7 Å². The van der Waals surface area contributed by atoms with E-state index in [1.165, 1.54) is 18.4 Å². The lowest BCUT2D eigenvalue weighted by molar-refractivity contribution is 0.148.